The van der Waals surface area contributed by atoms with Gasteiger partial charge >= 0.3 is 0 Å². The number of hydrogen-bond donors (Lipinski definition) is 0. The van der Waals surface area contributed by atoms with Crippen LogP contribution in [0.2, 0.25) is 0 Å². The van der Waals surface area contributed by atoms with E-state index in [0.29, 0.717) is 0 Å². The molecule has 0 aromatic rings. The van der Waals surface area contributed by atoms with Crippen LogP contribution >= 0.6 is 0 Å². The summed E-state index contributed by atoms with van der Waals surface area (Å²) in [6.07, 6.45) is 30.9. The lowest BCUT2D eigenvalue weighted by Crippen LogP contribution is -2.31. The molecule has 1 heterocycles. The van der Waals surface area contributed by atoms with Crippen LogP contribution in [0, 0.1) is 35.5 Å². The predicted octanol–water partition coefficient (Wildman–Crippen LogP) is 10.0. The number of unbranched alkanes of at least 4 members (excludes halogenated alkanes) is 10. The molecule has 228 valence electrons. The van der Waals surface area contributed by atoms with E-state index in [4.69, 9.17) is 9.47 Å². The lowest BCUT2D eigenvalue weighted by atomic mass is 9.98. The maximum Gasteiger partial charge on any atom is 0.168 e. The molecular formula is C36H67NO2. The summed E-state index contributed by atoms with van der Waals surface area (Å²) in [6.45, 7) is 6.57. The van der Waals surface area contributed by atoms with Crippen molar-refractivity contribution in [1.29, 1.82) is 0 Å². The van der Waals surface area contributed by atoms with Crippen molar-refractivity contribution in [2.45, 2.75) is 167 Å². The van der Waals surface area contributed by atoms with E-state index in [2.05, 4.69) is 32.8 Å². The standard InChI is InChI=1S/C36H67NO2/c1-5-7-8-9-13-16-20-36(38-28-35(39-36)19-22-37(3)4)21-17-14-11-10-12-15-18-30-24-32(30)26-34-27-33(34)25-31-23-29(31)6-2/h29-35H,5-28H2,1-4H3. The molecule has 3 heteroatoms. The summed E-state index contributed by atoms with van der Waals surface area (Å²) in [7, 11) is 4.31. The summed E-state index contributed by atoms with van der Waals surface area (Å²) >= 11 is 0. The summed E-state index contributed by atoms with van der Waals surface area (Å²) in [5.41, 5.74) is 0. The van der Waals surface area contributed by atoms with E-state index in [1.165, 1.54) is 89.9 Å². The van der Waals surface area contributed by atoms with Gasteiger partial charge in [0.1, 0.15) is 0 Å². The number of rotatable bonds is 24. The van der Waals surface area contributed by atoms with Crippen LogP contribution in [0.3, 0.4) is 0 Å². The van der Waals surface area contributed by atoms with E-state index >= 15 is 0 Å². The Labute approximate surface area is 243 Å². The van der Waals surface area contributed by atoms with E-state index in [0.717, 1.165) is 67.9 Å². The molecule has 8 unspecified atom stereocenters. The molecule has 0 aromatic carbocycles. The monoisotopic (exact) mass is 546 g/mol. The Morgan fingerprint density at radius 1 is 0.615 bits per heavy atom. The van der Waals surface area contributed by atoms with Crippen molar-refractivity contribution in [2.75, 3.05) is 27.2 Å². The third-order valence-corrected chi connectivity index (χ3v) is 11.0. The second-order valence-corrected chi connectivity index (χ2v) is 14.9. The largest absolute Gasteiger partial charge is 0.347 e. The highest BCUT2D eigenvalue weighted by atomic mass is 16.7. The third kappa shape index (κ3) is 11.6. The normalized spacial score (nSPS) is 35.2. The van der Waals surface area contributed by atoms with Gasteiger partial charge in [0, 0.05) is 19.4 Å². The first-order valence-electron chi connectivity index (χ1n) is 18.0. The Morgan fingerprint density at radius 3 is 1.77 bits per heavy atom. The first-order chi connectivity index (χ1) is 19.0. The molecule has 39 heavy (non-hydrogen) atoms. The molecule has 3 saturated carbocycles. The minimum Gasteiger partial charge on any atom is -0.347 e. The summed E-state index contributed by atoms with van der Waals surface area (Å²) in [5.74, 6) is 6.47. The Bertz CT molecular complexity index is 666. The van der Waals surface area contributed by atoms with Crippen molar-refractivity contribution >= 4 is 0 Å². The van der Waals surface area contributed by atoms with Gasteiger partial charge in [0.2, 0.25) is 0 Å². The number of hydrogen-bond acceptors (Lipinski definition) is 3. The fraction of sp³-hybridized carbons (Fsp3) is 1.00. The molecule has 3 nitrogen and oxygen atoms in total. The quantitative estimate of drug-likeness (QED) is 0.113. The van der Waals surface area contributed by atoms with Gasteiger partial charge in [-0.05, 0) is 101 Å². The molecule has 0 N–H and O–H groups in total. The Hall–Kier alpha value is -0.120. The van der Waals surface area contributed by atoms with E-state index in [-0.39, 0.29) is 11.9 Å². The maximum absolute atomic E-state index is 6.64. The van der Waals surface area contributed by atoms with Gasteiger partial charge in [-0.25, -0.2) is 0 Å². The van der Waals surface area contributed by atoms with Crippen LogP contribution in [0.4, 0.5) is 0 Å². The van der Waals surface area contributed by atoms with Gasteiger partial charge in [-0.3, -0.25) is 0 Å². The van der Waals surface area contributed by atoms with Crippen LogP contribution in [0.1, 0.15) is 155 Å². The molecule has 1 aliphatic heterocycles. The van der Waals surface area contributed by atoms with E-state index in [1.54, 1.807) is 32.1 Å². The highest BCUT2D eigenvalue weighted by Crippen LogP contribution is 2.58. The fourth-order valence-electron chi connectivity index (χ4n) is 7.95. The van der Waals surface area contributed by atoms with E-state index in [1.807, 2.05) is 0 Å². The second kappa shape index (κ2) is 16.5. The van der Waals surface area contributed by atoms with Crippen LogP contribution in [0.25, 0.3) is 0 Å². The smallest absolute Gasteiger partial charge is 0.168 e. The number of nitrogens with zero attached hydrogens (tertiary/aromatic N) is 1. The molecule has 0 radical (unpaired) electrons. The highest BCUT2D eigenvalue weighted by Gasteiger charge is 2.48. The second-order valence-electron chi connectivity index (χ2n) is 14.9. The number of ether oxygens (including phenoxy) is 2. The van der Waals surface area contributed by atoms with Crippen LogP contribution < -0.4 is 0 Å². The molecule has 0 aromatic heterocycles. The Balaban J connectivity index is 1.00. The summed E-state index contributed by atoms with van der Waals surface area (Å²) < 4.78 is 13.1. The lowest BCUT2D eigenvalue weighted by molar-refractivity contribution is -0.180. The van der Waals surface area contributed by atoms with E-state index < -0.39 is 0 Å². The summed E-state index contributed by atoms with van der Waals surface area (Å²) in [6, 6.07) is 0. The summed E-state index contributed by atoms with van der Waals surface area (Å²) in [4.78, 5) is 2.26. The fourth-order valence-corrected chi connectivity index (χ4v) is 7.95. The highest BCUT2D eigenvalue weighted by molar-refractivity contribution is 4.98. The summed E-state index contributed by atoms with van der Waals surface area (Å²) in [5, 5.41) is 0. The van der Waals surface area contributed by atoms with Crippen LogP contribution in [0.15, 0.2) is 0 Å². The lowest BCUT2D eigenvalue weighted by Gasteiger charge is -2.29. The van der Waals surface area contributed by atoms with Crippen molar-refractivity contribution in [3.8, 4) is 0 Å². The van der Waals surface area contributed by atoms with Crippen molar-refractivity contribution in [1.82, 2.24) is 4.90 Å². The molecule has 8 atom stereocenters. The zero-order chi connectivity index (χ0) is 27.5. The van der Waals surface area contributed by atoms with Gasteiger partial charge in [-0.1, -0.05) is 90.9 Å². The first-order valence-corrected chi connectivity index (χ1v) is 18.0. The van der Waals surface area contributed by atoms with Crippen molar-refractivity contribution < 1.29 is 9.47 Å². The van der Waals surface area contributed by atoms with Crippen LogP contribution in [0.5, 0.6) is 0 Å². The van der Waals surface area contributed by atoms with Gasteiger partial charge in [0.15, 0.2) is 5.79 Å². The molecule has 4 rings (SSSR count). The maximum atomic E-state index is 6.64. The molecule has 0 bridgehead atoms. The third-order valence-electron chi connectivity index (χ3n) is 11.0. The zero-order valence-corrected chi connectivity index (χ0v) is 26.8. The average molecular weight is 546 g/mol. The van der Waals surface area contributed by atoms with Crippen molar-refractivity contribution in [3.05, 3.63) is 0 Å². The SMILES string of the molecule is CCCCCCCCC1(CCCCCCCCC2CC2CC2CC2CC2CC2CC)OCC(CCN(C)C)O1. The Kier molecular flexibility index (Phi) is 13.5. The predicted molar refractivity (Wildman–Crippen MR) is 166 cm³/mol. The Morgan fingerprint density at radius 2 is 1.15 bits per heavy atom. The first kappa shape index (κ1) is 31.8. The molecule has 3 aliphatic carbocycles. The van der Waals surface area contributed by atoms with E-state index in [9.17, 15) is 0 Å². The molecule has 0 spiro atoms. The van der Waals surface area contributed by atoms with Gasteiger partial charge in [0.25, 0.3) is 0 Å². The minimum absolute atomic E-state index is 0.278. The van der Waals surface area contributed by atoms with Crippen LogP contribution in [-0.2, 0) is 9.47 Å². The molecule has 4 aliphatic rings. The topological polar surface area (TPSA) is 21.7 Å². The van der Waals surface area contributed by atoms with Gasteiger partial charge in [0.05, 0.1) is 12.7 Å². The van der Waals surface area contributed by atoms with Crippen LogP contribution in [-0.4, -0.2) is 44.0 Å². The molecule has 1 saturated heterocycles. The zero-order valence-electron chi connectivity index (χ0n) is 26.8. The van der Waals surface area contributed by atoms with Crippen molar-refractivity contribution in [2.24, 2.45) is 35.5 Å². The van der Waals surface area contributed by atoms with Gasteiger partial charge in [-0.15, -0.1) is 0 Å². The molecular weight excluding hydrogens is 478 g/mol. The average Bonchev–Trinajstić information content (AvgIpc) is 3.88. The van der Waals surface area contributed by atoms with Gasteiger partial charge < -0.3 is 14.4 Å². The van der Waals surface area contributed by atoms with Gasteiger partial charge in [-0.2, -0.15) is 0 Å². The molecule has 4 fully saturated rings. The van der Waals surface area contributed by atoms with Crippen molar-refractivity contribution in [3.63, 3.8) is 0 Å². The minimum atomic E-state index is -0.278. The molecule has 0 amide bonds.